The van der Waals surface area contributed by atoms with Gasteiger partial charge in [0.2, 0.25) is 0 Å². The Morgan fingerprint density at radius 2 is 2.25 bits per heavy atom. The predicted molar refractivity (Wildman–Crippen MR) is 61.3 cm³/mol. The van der Waals surface area contributed by atoms with Crippen LogP contribution >= 0.6 is 11.6 Å². The average Bonchev–Trinajstić information content (AvgIpc) is 2.33. The number of para-hydroxylation sites is 1. The van der Waals surface area contributed by atoms with Gasteiger partial charge < -0.3 is 0 Å². The van der Waals surface area contributed by atoms with E-state index in [9.17, 15) is 4.79 Å². The summed E-state index contributed by atoms with van der Waals surface area (Å²) < 4.78 is 1.35. The third-order valence-electron chi connectivity index (χ3n) is 2.23. The molecule has 4 nitrogen and oxygen atoms in total. The quantitative estimate of drug-likeness (QED) is 0.739. The molecule has 0 aliphatic heterocycles. The van der Waals surface area contributed by atoms with Gasteiger partial charge in [0.25, 0.3) is 5.56 Å². The number of hydrogen-bond donors (Lipinski definition) is 0. The molecule has 1 aromatic carbocycles. The molecule has 0 amide bonds. The van der Waals surface area contributed by atoms with Gasteiger partial charge in [-0.3, -0.25) is 9.36 Å². The van der Waals surface area contributed by atoms with Crippen molar-refractivity contribution in [3.63, 3.8) is 0 Å². The van der Waals surface area contributed by atoms with Crippen LogP contribution in [0.2, 0.25) is 0 Å². The summed E-state index contributed by atoms with van der Waals surface area (Å²) >= 11 is 5.67. The molecule has 5 heteroatoms. The lowest BCUT2D eigenvalue weighted by molar-refractivity contribution is 0.683. The lowest BCUT2D eigenvalue weighted by Crippen LogP contribution is -2.24. The SMILES string of the molecule is N#CC(Cl)Cn1cnc2ccccc2c1=O. The van der Waals surface area contributed by atoms with E-state index in [1.807, 2.05) is 12.1 Å². The van der Waals surface area contributed by atoms with Crippen molar-refractivity contribution in [2.45, 2.75) is 11.9 Å². The van der Waals surface area contributed by atoms with E-state index in [4.69, 9.17) is 16.9 Å². The summed E-state index contributed by atoms with van der Waals surface area (Å²) in [6.07, 6.45) is 1.41. The third kappa shape index (κ3) is 1.90. The van der Waals surface area contributed by atoms with E-state index >= 15 is 0 Å². The molecule has 0 radical (unpaired) electrons. The van der Waals surface area contributed by atoms with Gasteiger partial charge in [-0.25, -0.2) is 4.98 Å². The summed E-state index contributed by atoms with van der Waals surface area (Å²) in [6.45, 7) is 0.148. The predicted octanol–water partition coefficient (Wildman–Crippen LogP) is 1.53. The number of benzene rings is 1. The molecule has 1 atom stereocenters. The Labute approximate surface area is 96.7 Å². The minimum atomic E-state index is -0.722. The van der Waals surface area contributed by atoms with Crippen LogP contribution in [0.4, 0.5) is 0 Å². The fourth-order valence-corrected chi connectivity index (χ4v) is 1.60. The molecule has 80 valence electrons. The van der Waals surface area contributed by atoms with Gasteiger partial charge in [0.15, 0.2) is 0 Å². The van der Waals surface area contributed by atoms with Crippen molar-refractivity contribution >= 4 is 22.5 Å². The summed E-state index contributed by atoms with van der Waals surface area (Å²) in [6, 6.07) is 8.93. The number of alkyl halides is 1. The minimum Gasteiger partial charge on any atom is -0.296 e. The molecule has 0 aliphatic carbocycles. The number of hydrogen-bond acceptors (Lipinski definition) is 3. The van der Waals surface area contributed by atoms with E-state index in [1.54, 1.807) is 18.2 Å². The summed E-state index contributed by atoms with van der Waals surface area (Å²) in [5.74, 6) is 0. The molecule has 0 saturated heterocycles. The Kier molecular flexibility index (Phi) is 2.88. The topological polar surface area (TPSA) is 58.7 Å². The summed E-state index contributed by atoms with van der Waals surface area (Å²) in [7, 11) is 0. The van der Waals surface area contributed by atoms with Crippen molar-refractivity contribution in [2.24, 2.45) is 0 Å². The number of rotatable bonds is 2. The smallest absolute Gasteiger partial charge is 0.261 e. The highest BCUT2D eigenvalue weighted by molar-refractivity contribution is 6.22. The van der Waals surface area contributed by atoms with Gasteiger partial charge in [-0.05, 0) is 12.1 Å². The first-order chi connectivity index (χ1) is 7.72. The van der Waals surface area contributed by atoms with Crippen molar-refractivity contribution in [3.05, 3.63) is 40.9 Å². The molecule has 0 bridgehead atoms. The number of aromatic nitrogens is 2. The van der Waals surface area contributed by atoms with E-state index in [0.717, 1.165) is 0 Å². The van der Waals surface area contributed by atoms with Gasteiger partial charge in [0.1, 0.15) is 5.38 Å². The van der Waals surface area contributed by atoms with Gasteiger partial charge >= 0.3 is 0 Å². The first-order valence-electron chi connectivity index (χ1n) is 4.70. The summed E-state index contributed by atoms with van der Waals surface area (Å²) in [5.41, 5.74) is 0.471. The standard InChI is InChI=1S/C11H8ClN3O/c12-8(5-13)6-15-7-14-10-4-2-1-3-9(10)11(15)16/h1-4,7-8H,6H2. The third-order valence-corrected chi connectivity index (χ3v) is 2.46. The summed E-state index contributed by atoms with van der Waals surface area (Å²) in [4.78, 5) is 16.1. The molecular weight excluding hydrogens is 226 g/mol. The number of nitriles is 1. The normalized spacial score (nSPS) is 12.2. The van der Waals surface area contributed by atoms with Crippen molar-refractivity contribution in [1.29, 1.82) is 5.26 Å². The Morgan fingerprint density at radius 1 is 1.50 bits per heavy atom. The van der Waals surface area contributed by atoms with Crippen LogP contribution < -0.4 is 5.56 Å². The molecular formula is C11H8ClN3O. The molecule has 0 aliphatic rings. The highest BCUT2D eigenvalue weighted by atomic mass is 35.5. The van der Waals surface area contributed by atoms with Crippen molar-refractivity contribution in [3.8, 4) is 6.07 Å². The zero-order chi connectivity index (χ0) is 11.5. The first kappa shape index (κ1) is 10.7. The molecule has 16 heavy (non-hydrogen) atoms. The molecule has 0 N–H and O–H groups in total. The minimum absolute atomic E-state index is 0.148. The van der Waals surface area contributed by atoms with Gasteiger partial charge in [0.05, 0.1) is 29.8 Å². The van der Waals surface area contributed by atoms with Crippen molar-refractivity contribution in [2.75, 3.05) is 0 Å². The van der Waals surface area contributed by atoms with E-state index in [2.05, 4.69) is 4.98 Å². The largest absolute Gasteiger partial charge is 0.296 e. The maximum atomic E-state index is 11.9. The highest BCUT2D eigenvalue weighted by Gasteiger charge is 2.07. The van der Waals surface area contributed by atoms with Crippen LogP contribution in [0.15, 0.2) is 35.4 Å². The molecule has 2 aromatic rings. The van der Waals surface area contributed by atoms with E-state index < -0.39 is 5.38 Å². The lowest BCUT2D eigenvalue weighted by Gasteiger charge is -2.05. The van der Waals surface area contributed by atoms with Crippen LogP contribution in [-0.2, 0) is 6.54 Å². The molecule has 2 rings (SSSR count). The van der Waals surface area contributed by atoms with Crippen molar-refractivity contribution < 1.29 is 0 Å². The van der Waals surface area contributed by atoms with Crippen LogP contribution in [0.1, 0.15) is 0 Å². The van der Waals surface area contributed by atoms with Gasteiger partial charge in [-0.15, -0.1) is 11.6 Å². The zero-order valence-corrected chi connectivity index (χ0v) is 9.05. The van der Waals surface area contributed by atoms with E-state index in [0.29, 0.717) is 10.9 Å². The monoisotopic (exact) mass is 233 g/mol. The molecule has 1 aromatic heterocycles. The van der Waals surface area contributed by atoms with Crippen LogP contribution in [0.5, 0.6) is 0 Å². The zero-order valence-electron chi connectivity index (χ0n) is 8.30. The Hall–Kier alpha value is -1.86. The fourth-order valence-electron chi connectivity index (χ4n) is 1.45. The van der Waals surface area contributed by atoms with Crippen LogP contribution in [0.3, 0.4) is 0 Å². The van der Waals surface area contributed by atoms with Gasteiger partial charge in [-0.2, -0.15) is 5.26 Å². The molecule has 1 unspecified atom stereocenters. The van der Waals surface area contributed by atoms with E-state index in [-0.39, 0.29) is 12.1 Å². The number of fused-ring (bicyclic) bond motifs is 1. The Morgan fingerprint density at radius 3 is 3.00 bits per heavy atom. The Bertz CT molecular complexity index is 614. The average molecular weight is 234 g/mol. The number of nitrogens with zero attached hydrogens (tertiary/aromatic N) is 3. The first-order valence-corrected chi connectivity index (χ1v) is 5.14. The lowest BCUT2D eigenvalue weighted by atomic mass is 10.2. The van der Waals surface area contributed by atoms with Crippen LogP contribution in [0.25, 0.3) is 10.9 Å². The second-order valence-electron chi connectivity index (χ2n) is 3.32. The number of halogens is 1. The van der Waals surface area contributed by atoms with Crippen LogP contribution in [0, 0.1) is 11.3 Å². The maximum Gasteiger partial charge on any atom is 0.261 e. The second-order valence-corrected chi connectivity index (χ2v) is 3.84. The van der Waals surface area contributed by atoms with Gasteiger partial charge in [-0.1, -0.05) is 12.1 Å². The highest BCUT2D eigenvalue weighted by Crippen LogP contribution is 2.05. The Balaban J connectivity index is 2.54. The molecule has 0 fully saturated rings. The fraction of sp³-hybridized carbons (Fsp3) is 0.182. The molecule has 1 heterocycles. The molecule has 0 spiro atoms. The molecule has 0 saturated carbocycles. The van der Waals surface area contributed by atoms with Crippen molar-refractivity contribution in [1.82, 2.24) is 9.55 Å². The maximum absolute atomic E-state index is 11.9. The van der Waals surface area contributed by atoms with E-state index in [1.165, 1.54) is 10.9 Å². The van der Waals surface area contributed by atoms with Crippen LogP contribution in [-0.4, -0.2) is 14.9 Å². The second kappa shape index (κ2) is 4.33. The summed E-state index contributed by atoms with van der Waals surface area (Å²) in [5, 5.41) is 8.40. The van der Waals surface area contributed by atoms with Gasteiger partial charge in [0, 0.05) is 0 Å².